The molecule has 0 spiro atoms. The van der Waals surface area contributed by atoms with Gasteiger partial charge in [-0.1, -0.05) is 65.8 Å². The van der Waals surface area contributed by atoms with E-state index in [0.717, 1.165) is 32.5 Å². The minimum atomic E-state index is -1.01. The molecule has 0 radical (unpaired) electrons. The van der Waals surface area contributed by atoms with Gasteiger partial charge >= 0.3 is 6.09 Å². The second kappa shape index (κ2) is 10.1. The van der Waals surface area contributed by atoms with Crippen molar-refractivity contribution in [2.45, 2.75) is 31.3 Å². The van der Waals surface area contributed by atoms with Gasteiger partial charge in [-0.05, 0) is 47.4 Å². The molecule has 8 heteroatoms. The van der Waals surface area contributed by atoms with Gasteiger partial charge in [-0.25, -0.2) is 9.69 Å². The summed E-state index contributed by atoms with van der Waals surface area (Å²) in [6, 6.07) is 19.8. The Morgan fingerprint density at radius 2 is 1.88 bits per heavy atom. The number of carbonyl (C=O) groups is 2. The summed E-state index contributed by atoms with van der Waals surface area (Å²) in [5.74, 6) is 0.231. The van der Waals surface area contributed by atoms with Gasteiger partial charge in [-0.15, -0.1) is 0 Å². The van der Waals surface area contributed by atoms with E-state index in [2.05, 4.69) is 10.0 Å². The van der Waals surface area contributed by atoms with Gasteiger partial charge in [0.05, 0.1) is 13.2 Å². The van der Waals surface area contributed by atoms with E-state index in [-0.39, 0.29) is 13.0 Å². The fourth-order valence-corrected chi connectivity index (χ4v) is 4.24. The van der Waals surface area contributed by atoms with Crippen molar-refractivity contribution in [1.82, 2.24) is 4.90 Å². The Morgan fingerprint density at radius 3 is 2.61 bits per heavy atom. The quantitative estimate of drug-likeness (QED) is 0.275. The summed E-state index contributed by atoms with van der Waals surface area (Å²) in [5, 5.41) is 5.70. The fraction of sp³-hybridized carbons (Fsp3) is 0.280. The Labute approximate surface area is 191 Å². The van der Waals surface area contributed by atoms with Crippen molar-refractivity contribution in [2.75, 3.05) is 13.7 Å². The number of hydrogen-bond donors (Lipinski definition) is 0. The Balaban J connectivity index is 1.53. The summed E-state index contributed by atoms with van der Waals surface area (Å²) in [4.78, 5) is 29.6. The lowest BCUT2D eigenvalue weighted by atomic mass is 9.97. The SMILES string of the molecule is COc1ccc(CCC(N=[N+]=[N-])C(=O)N2C(=O)OC[C@@H]2Cc2ccccc2)c2ccccc12. The van der Waals surface area contributed by atoms with Crippen LogP contribution in [0.5, 0.6) is 5.75 Å². The van der Waals surface area contributed by atoms with Crippen LogP contribution in [0.25, 0.3) is 21.2 Å². The van der Waals surface area contributed by atoms with Crippen LogP contribution in [-0.4, -0.2) is 42.7 Å². The topological polar surface area (TPSA) is 105 Å². The lowest BCUT2D eigenvalue weighted by Crippen LogP contribution is -2.45. The molecule has 1 heterocycles. The van der Waals surface area contributed by atoms with Gasteiger partial charge in [0, 0.05) is 10.3 Å². The van der Waals surface area contributed by atoms with Crippen LogP contribution in [0.2, 0.25) is 0 Å². The Kier molecular flexibility index (Phi) is 6.76. The number of cyclic esters (lactones) is 1. The van der Waals surface area contributed by atoms with Crippen LogP contribution < -0.4 is 4.74 Å². The zero-order valence-electron chi connectivity index (χ0n) is 18.3. The van der Waals surface area contributed by atoms with Crippen molar-refractivity contribution < 1.29 is 19.1 Å². The standard InChI is InChI=1S/C25H24N4O4/c1-32-23-14-12-18(20-9-5-6-10-21(20)23)11-13-22(27-28-26)24(30)29-19(16-33-25(29)31)15-17-7-3-2-4-8-17/h2-10,12,14,19,22H,11,13,15-16H2,1H3/t19-,22?/m0/s1. The van der Waals surface area contributed by atoms with Gasteiger partial charge in [0.25, 0.3) is 0 Å². The lowest BCUT2D eigenvalue weighted by Gasteiger charge is -2.23. The minimum Gasteiger partial charge on any atom is -0.496 e. The number of carbonyl (C=O) groups excluding carboxylic acids is 2. The third kappa shape index (κ3) is 4.76. The number of rotatable bonds is 8. The average Bonchev–Trinajstić information content (AvgIpc) is 3.21. The molecule has 0 aliphatic carbocycles. The summed E-state index contributed by atoms with van der Waals surface area (Å²) in [6.45, 7) is 0.117. The monoisotopic (exact) mass is 444 g/mol. The second-order valence-electron chi connectivity index (χ2n) is 7.86. The predicted octanol–water partition coefficient (Wildman–Crippen LogP) is 5.05. The molecule has 3 aromatic carbocycles. The maximum Gasteiger partial charge on any atom is 0.416 e. The van der Waals surface area contributed by atoms with E-state index in [4.69, 9.17) is 15.0 Å². The largest absolute Gasteiger partial charge is 0.496 e. The number of benzene rings is 3. The lowest BCUT2D eigenvalue weighted by molar-refractivity contribution is -0.130. The maximum atomic E-state index is 13.3. The van der Waals surface area contributed by atoms with E-state index in [1.807, 2.05) is 66.7 Å². The van der Waals surface area contributed by atoms with E-state index in [1.165, 1.54) is 0 Å². The summed E-state index contributed by atoms with van der Waals surface area (Å²) in [7, 11) is 1.62. The highest BCUT2D eigenvalue weighted by Crippen LogP contribution is 2.30. The van der Waals surface area contributed by atoms with Crippen LogP contribution in [0.3, 0.4) is 0 Å². The highest BCUT2D eigenvalue weighted by Gasteiger charge is 2.40. The first kappa shape index (κ1) is 22.2. The summed E-state index contributed by atoms with van der Waals surface area (Å²) in [6.07, 6.45) is 0.534. The Hall–Kier alpha value is -4.03. The van der Waals surface area contributed by atoms with Crippen LogP contribution in [0, 0.1) is 0 Å². The van der Waals surface area contributed by atoms with Crippen molar-refractivity contribution >= 4 is 22.8 Å². The number of ether oxygens (including phenoxy) is 2. The number of imide groups is 1. The van der Waals surface area contributed by atoms with Crippen molar-refractivity contribution in [1.29, 1.82) is 0 Å². The highest BCUT2D eigenvalue weighted by molar-refractivity contribution is 5.96. The van der Waals surface area contributed by atoms with Crippen molar-refractivity contribution in [3.05, 3.63) is 88.3 Å². The van der Waals surface area contributed by atoms with Crippen LogP contribution in [0.4, 0.5) is 4.79 Å². The number of aryl methyl sites for hydroxylation is 1. The number of azide groups is 1. The molecule has 2 amide bonds. The minimum absolute atomic E-state index is 0.117. The summed E-state index contributed by atoms with van der Waals surface area (Å²) >= 11 is 0. The van der Waals surface area contributed by atoms with Gasteiger partial charge in [0.2, 0.25) is 5.91 Å². The number of hydrogen-bond acceptors (Lipinski definition) is 5. The van der Waals surface area contributed by atoms with Gasteiger partial charge in [-0.2, -0.15) is 0 Å². The number of fused-ring (bicyclic) bond motifs is 1. The molecule has 3 aromatic rings. The average molecular weight is 444 g/mol. The Bertz CT molecular complexity index is 1210. The van der Waals surface area contributed by atoms with Gasteiger partial charge in [-0.3, -0.25) is 4.79 Å². The third-order valence-corrected chi connectivity index (χ3v) is 5.87. The van der Waals surface area contributed by atoms with Crippen LogP contribution in [0.1, 0.15) is 17.5 Å². The second-order valence-corrected chi connectivity index (χ2v) is 7.86. The molecule has 0 bridgehead atoms. The van der Waals surface area contributed by atoms with Crippen molar-refractivity contribution in [3.63, 3.8) is 0 Å². The normalized spacial score (nSPS) is 16.2. The van der Waals surface area contributed by atoms with Crippen LogP contribution >= 0.6 is 0 Å². The fourth-order valence-electron chi connectivity index (χ4n) is 4.24. The number of methoxy groups -OCH3 is 1. The van der Waals surface area contributed by atoms with Gasteiger partial charge < -0.3 is 9.47 Å². The number of amides is 2. The van der Waals surface area contributed by atoms with Crippen LogP contribution in [0.15, 0.2) is 71.8 Å². The van der Waals surface area contributed by atoms with Gasteiger partial charge in [0.1, 0.15) is 18.4 Å². The molecule has 0 aromatic heterocycles. The molecule has 4 rings (SSSR count). The number of nitrogens with zero attached hydrogens (tertiary/aromatic N) is 4. The zero-order chi connectivity index (χ0) is 23.2. The van der Waals surface area contributed by atoms with E-state index < -0.39 is 24.1 Å². The van der Waals surface area contributed by atoms with E-state index in [0.29, 0.717) is 12.8 Å². The molecule has 168 valence electrons. The van der Waals surface area contributed by atoms with Gasteiger partial charge in [0.15, 0.2) is 0 Å². The molecule has 33 heavy (non-hydrogen) atoms. The smallest absolute Gasteiger partial charge is 0.416 e. The first-order valence-corrected chi connectivity index (χ1v) is 10.7. The van der Waals surface area contributed by atoms with Crippen LogP contribution in [-0.2, 0) is 22.4 Å². The Morgan fingerprint density at radius 1 is 1.15 bits per heavy atom. The molecular formula is C25H24N4O4. The summed E-state index contributed by atoms with van der Waals surface area (Å²) in [5.41, 5.74) is 11.1. The first-order chi connectivity index (χ1) is 16.1. The molecule has 1 saturated heterocycles. The molecule has 2 atom stereocenters. The third-order valence-electron chi connectivity index (χ3n) is 5.87. The maximum absolute atomic E-state index is 13.3. The molecule has 1 fully saturated rings. The summed E-state index contributed by atoms with van der Waals surface area (Å²) < 4.78 is 10.6. The van der Waals surface area contributed by atoms with E-state index >= 15 is 0 Å². The van der Waals surface area contributed by atoms with E-state index in [9.17, 15) is 9.59 Å². The molecule has 1 aliphatic rings. The van der Waals surface area contributed by atoms with Crippen molar-refractivity contribution in [3.8, 4) is 5.75 Å². The molecule has 1 unspecified atom stereocenters. The highest BCUT2D eigenvalue weighted by atomic mass is 16.6. The predicted molar refractivity (Wildman–Crippen MR) is 124 cm³/mol. The van der Waals surface area contributed by atoms with Crippen molar-refractivity contribution in [2.24, 2.45) is 5.11 Å². The van der Waals surface area contributed by atoms with E-state index in [1.54, 1.807) is 7.11 Å². The molecule has 0 saturated carbocycles. The molecule has 0 N–H and O–H groups in total. The molecule has 1 aliphatic heterocycles. The molecule has 8 nitrogen and oxygen atoms in total. The molecular weight excluding hydrogens is 420 g/mol. The first-order valence-electron chi connectivity index (χ1n) is 10.7. The zero-order valence-corrected chi connectivity index (χ0v) is 18.3.